The molecule has 0 spiro atoms. The highest BCUT2D eigenvalue weighted by Gasteiger charge is 2.29. The number of nitrogens with zero attached hydrogens (tertiary/aromatic N) is 4. The molecule has 1 aliphatic rings. The van der Waals surface area contributed by atoms with Gasteiger partial charge in [0, 0.05) is 35.1 Å². The number of nitrogens with one attached hydrogen (secondary N) is 3. The van der Waals surface area contributed by atoms with Crippen LogP contribution in [0.3, 0.4) is 0 Å². The zero-order chi connectivity index (χ0) is 25.2. The second kappa shape index (κ2) is 9.69. The van der Waals surface area contributed by atoms with E-state index in [2.05, 4.69) is 37.2 Å². The standard InChI is InChI=1S/C28H25N7O2/c36-27(28(37)31-25-13-7-5-11-21(25)26-32-33-34-35(26)19-14-15-19)30-16-22(18-8-2-1-3-9-18)23-17-29-24-12-6-4-10-20(23)24/h1-13,17,19,22,29H,14-16H2,(H,30,36)(H,31,37). The van der Waals surface area contributed by atoms with Gasteiger partial charge >= 0.3 is 11.8 Å². The van der Waals surface area contributed by atoms with Crippen molar-refractivity contribution < 1.29 is 9.59 Å². The van der Waals surface area contributed by atoms with Crippen molar-refractivity contribution in [2.24, 2.45) is 0 Å². The third-order valence-corrected chi connectivity index (χ3v) is 6.67. The molecule has 5 aromatic rings. The average molecular weight is 492 g/mol. The Morgan fingerprint density at radius 3 is 2.54 bits per heavy atom. The molecule has 2 heterocycles. The Balaban J connectivity index is 1.20. The molecule has 184 valence electrons. The van der Waals surface area contributed by atoms with E-state index in [1.54, 1.807) is 16.8 Å². The Bertz CT molecular complexity index is 1570. The van der Waals surface area contributed by atoms with Crippen molar-refractivity contribution >= 4 is 28.4 Å². The van der Waals surface area contributed by atoms with E-state index < -0.39 is 11.8 Å². The third kappa shape index (κ3) is 4.58. The maximum absolute atomic E-state index is 12.9. The topological polar surface area (TPSA) is 118 Å². The van der Waals surface area contributed by atoms with Crippen LogP contribution in [0, 0.1) is 0 Å². The summed E-state index contributed by atoms with van der Waals surface area (Å²) in [6.45, 7) is 0.264. The first-order valence-electron chi connectivity index (χ1n) is 12.3. The zero-order valence-electron chi connectivity index (χ0n) is 20.0. The number of H-pyrrole nitrogens is 1. The summed E-state index contributed by atoms with van der Waals surface area (Å²) in [4.78, 5) is 29.2. The van der Waals surface area contributed by atoms with Crippen molar-refractivity contribution in [1.29, 1.82) is 0 Å². The van der Waals surface area contributed by atoms with Crippen LogP contribution in [0.5, 0.6) is 0 Å². The van der Waals surface area contributed by atoms with E-state index in [0.29, 0.717) is 17.1 Å². The minimum atomic E-state index is -0.747. The summed E-state index contributed by atoms with van der Waals surface area (Å²) in [5.74, 6) is -1.02. The van der Waals surface area contributed by atoms with E-state index in [1.807, 2.05) is 66.9 Å². The largest absolute Gasteiger partial charge is 0.361 e. The Labute approximate surface area is 212 Å². The fourth-order valence-corrected chi connectivity index (χ4v) is 4.65. The predicted octanol–water partition coefficient (Wildman–Crippen LogP) is 4.04. The number of benzene rings is 3. The lowest BCUT2D eigenvalue weighted by Gasteiger charge is -2.18. The number of aromatic nitrogens is 5. The van der Waals surface area contributed by atoms with E-state index in [-0.39, 0.29) is 18.5 Å². The van der Waals surface area contributed by atoms with Gasteiger partial charge in [0.2, 0.25) is 0 Å². The molecule has 37 heavy (non-hydrogen) atoms. The first-order chi connectivity index (χ1) is 18.2. The lowest BCUT2D eigenvalue weighted by molar-refractivity contribution is -0.136. The van der Waals surface area contributed by atoms with Gasteiger partial charge in [-0.1, -0.05) is 60.7 Å². The lowest BCUT2D eigenvalue weighted by Crippen LogP contribution is -2.38. The molecule has 9 nitrogen and oxygen atoms in total. The number of rotatable bonds is 7. The fourth-order valence-electron chi connectivity index (χ4n) is 4.65. The third-order valence-electron chi connectivity index (χ3n) is 6.67. The number of anilines is 1. The van der Waals surface area contributed by atoms with Crippen molar-refractivity contribution in [3.63, 3.8) is 0 Å². The number of tetrazole rings is 1. The van der Waals surface area contributed by atoms with Crippen LogP contribution < -0.4 is 10.6 Å². The first kappa shape index (κ1) is 22.7. The quantitative estimate of drug-likeness (QED) is 0.297. The van der Waals surface area contributed by atoms with Gasteiger partial charge in [0.15, 0.2) is 5.82 Å². The van der Waals surface area contributed by atoms with Crippen LogP contribution in [0.2, 0.25) is 0 Å². The maximum Gasteiger partial charge on any atom is 0.313 e. The summed E-state index contributed by atoms with van der Waals surface area (Å²) in [5.41, 5.74) is 4.27. The summed E-state index contributed by atoms with van der Waals surface area (Å²) in [6, 6.07) is 25.5. The van der Waals surface area contributed by atoms with Gasteiger partial charge in [-0.05, 0) is 52.6 Å². The molecule has 6 rings (SSSR count). The van der Waals surface area contributed by atoms with Crippen molar-refractivity contribution in [1.82, 2.24) is 30.5 Å². The molecule has 3 aromatic carbocycles. The Morgan fingerprint density at radius 2 is 1.70 bits per heavy atom. The number of para-hydroxylation sites is 2. The normalized spacial score (nSPS) is 13.8. The molecule has 1 aliphatic carbocycles. The van der Waals surface area contributed by atoms with Gasteiger partial charge in [-0.2, -0.15) is 0 Å². The summed E-state index contributed by atoms with van der Waals surface area (Å²) >= 11 is 0. The van der Waals surface area contributed by atoms with Gasteiger partial charge < -0.3 is 15.6 Å². The summed E-state index contributed by atoms with van der Waals surface area (Å²) in [6.07, 6.45) is 4.01. The Kier molecular flexibility index (Phi) is 5.94. The smallest absolute Gasteiger partial charge is 0.313 e. The summed E-state index contributed by atoms with van der Waals surface area (Å²) in [5, 5.41) is 18.7. The van der Waals surface area contributed by atoms with Crippen LogP contribution in [-0.4, -0.2) is 43.6 Å². The van der Waals surface area contributed by atoms with E-state index in [9.17, 15) is 9.59 Å². The number of hydrogen-bond donors (Lipinski definition) is 3. The van der Waals surface area contributed by atoms with Gasteiger partial charge in [0.1, 0.15) is 0 Å². The summed E-state index contributed by atoms with van der Waals surface area (Å²) < 4.78 is 1.77. The Morgan fingerprint density at radius 1 is 0.946 bits per heavy atom. The van der Waals surface area contributed by atoms with Gasteiger partial charge in [-0.3, -0.25) is 9.59 Å². The van der Waals surface area contributed by atoms with E-state index >= 15 is 0 Å². The van der Waals surface area contributed by atoms with Crippen LogP contribution >= 0.6 is 0 Å². The molecular weight excluding hydrogens is 466 g/mol. The van der Waals surface area contributed by atoms with Crippen LogP contribution in [0.1, 0.15) is 35.9 Å². The SMILES string of the molecule is O=C(NCC(c1ccccc1)c1c[nH]c2ccccc12)C(=O)Nc1ccccc1-c1nnnn1C1CC1. The number of aromatic amines is 1. The number of carbonyl (C=O) groups excluding carboxylic acids is 2. The van der Waals surface area contributed by atoms with Gasteiger partial charge in [0.25, 0.3) is 0 Å². The molecule has 0 aliphatic heterocycles. The first-order valence-corrected chi connectivity index (χ1v) is 12.3. The number of carbonyl (C=O) groups is 2. The minimum absolute atomic E-state index is 0.135. The predicted molar refractivity (Wildman–Crippen MR) is 140 cm³/mol. The van der Waals surface area contributed by atoms with Crippen LogP contribution in [-0.2, 0) is 9.59 Å². The lowest BCUT2D eigenvalue weighted by atomic mass is 9.91. The molecule has 1 atom stereocenters. The molecule has 1 unspecified atom stereocenters. The molecule has 0 bridgehead atoms. The van der Waals surface area contributed by atoms with Gasteiger partial charge in [-0.15, -0.1) is 5.10 Å². The minimum Gasteiger partial charge on any atom is -0.361 e. The second-order valence-electron chi connectivity index (χ2n) is 9.14. The Hall–Kier alpha value is -4.79. The molecule has 0 radical (unpaired) electrons. The molecule has 3 N–H and O–H groups in total. The zero-order valence-corrected chi connectivity index (χ0v) is 20.0. The van der Waals surface area contributed by atoms with Crippen molar-refractivity contribution in [2.45, 2.75) is 24.8 Å². The molecule has 1 fully saturated rings. The monoisotopic (exact) mass is 491 g/mol. The molecule has 9 heteroatoms. The molecule has 0 saturated heterocycles. The average Bonchev–Trinajstić information content (AvgIpc) is 3.51. The molecule has 1 saturated carbocycles. The van der Waals surface area contributed by atoms with Crippen molar-refractivity contribution in [3.8, 4) is 11.4 Å². The van der Waals surface area contributed by atoms with Crippen molar-refractivity contribution in [2.75, 3.05) is 11.9 Å². The van der Waals surface area contributed by atoms with E-state index in [1.165, 1.54) is 0 Å². The van der Waals surface area contributed by atoms with Crippen LogP contribution in [0.25, 0.3) is 22.3 Å². The number of hydrogen-bond acceptors (Lipinski definition) is 5. The van der Waals surface area contributed by atoms with E-state index in [4.69, 9.17) is 0 Å². The summed E-state index contributed by atoms with van der Waals surface area (Å²) in [7, 11) is 0. The number of amides is 2. The molecule has 2 aromatic heterocycles. The number of fused-ring (bicyclic) bond motifs is 1. The highest BCUT2D eigenvalue weighted by atomic mass is 16.2. The van der Waals surface area contributed by atoms with Gasteiger partial charge in [-0.25, -0.2) is 4.68 Å². The van der Waals surface area contributed by atoms with Gasteiger partial charge in [0.05, 0.1) is 11.7 Å². The molecule has 2 amide bonds. The van der Waals surface area contributed by atoms with Crippen LogP contribution in [0.4, 0.5) is 5.69 Å². The molecular formula is C28H25N7O2. The maximum atomic E-state index is 12.9. The highest BCUT2D eigenvalue weighted by Crippen LogP contribution is 2.38. The van der Waals surface area contributed by atoms with Crippen LogP contribution in [0.15, 0.2) is 85.1 Å². The van der Waals surface area contributed by atoms with E-state index in [0.717, 1.165) is 34.9 Å². The van der Waals surface area contributed by atoms with Crippen molar-refractivity contribution in [3.05, 3.63) is 96.2 Å². The fraction of sp³-hybridized carbons (Fsp3) is 0.179. The second-order valence-corrected chi connectivity index (χ2v) is 9.14. The highest BCUT2D eigenvalue weighted by molar-refractivity contribution is 6.40.